The quantitative estimate of drug-likeness (QED) is 0.611. The van der Waals surface area contributed by atoms with Gasteiger partial charge < -0.3 is 16.2 Å². The fourth-order valence-electron chi connectivity index (χ4n) is 2.64. The Bertz CT molecular complexity index is 951. The molecule has 1 atom stereocenters. The van der Waals surface area contributed by atoms with Crippen LogP contribution in [0.4, 0.5) is 5.82 Å². The maximum absolute atomic E-state index is 12.4. The van der Waals surface area contributed by atoms with Crippen molar-refractivity contribution in [1.82, 2.24) is 14.8 Å². The van der Waals surface area contributed by atoms with Crippen LogP contribution in [0.1, 0.15) is 15.9 Å². The van der Waals surface area contributed by atoms with Gasteiger partial charge in [-0.05, 0) is 29.7 Å². The second kappa shape index (κ2) is 7.79. The molecule has 3 rings (SSSR count). The number of nitrogens with zero attached hydrogens (tertiary/aromatic N) is 3. The fraction of sp³-hybridized carbons (Fsp3) is 0.158. The molecular formula is C19H19N5O3. The molecule has 2 aromatic heterocycles. The van der Waals surface area contributed by atoms with Gasteiger partial charge >= 0.3 is 5.97 Å². The zero-order valence-electron chi connectivity index (χ0n) is 14.7. The van der Waals surface area contributed by atoms with Crippen molar-refractivity contribution in [3.05, 3.63) is 66.1 Å². The lowest BCUT2D eigenvalue weighted by atomic mass is 10.0. The number of hydrogen-bond acceptors (Lipinski definition) is 5. The number of carbonyl (C=O) groups is 2. The summed E-state index contributed by atoms with van der Waals surface area (Å²) >= 11 is 0. The van der Waals surface area contributed by atoms with Gasteiger partial charge in [0.05, 0.1) is 0 Å². The van der Waals surface area contributed by atoms with E-state index in [1.54, 1.807) is 42.5 Å². The molecule has 4 N–H and O–H groups in total. The molecule has 0 aliphatic heterocycles. The molecule has 2 heterocycles. The first-order valence-electron chi connectivity index (χ1n) is 8.27. The van der Waals surface area contributed by atoms with Crippen molar-refractivity contribution in [2.24, 2.45) is 12.8 Å². The molecule has 0 fully saturated rings. The van der Waals surface area contributed by atoms with Crippen LogP contribution in [0.25, 0.3) is 11.1 Å². The molecule has 8 nitrogen and oxygen atoms in total. The molecule has 0 aliphatic rings. The third-order valence-electron chi connectivity index (χ3n) is 4.04. The average Bonchev–Trinajstić information content (AvgIpc) is 3.03. The maximum Gasteiger partial charge on any atom is 0.320 e. The van der Waals surface area contributed by atoms with Crippen molar-refractivity contribution in [1.29, 1.82) is 0 Å². The van der Waals surface area contributed by atoms with Crippen molar-refractivity contribution in [2.45, 2.75) is 12.5 Å². The Labute approximate surface area is 155 Å². The second-order valence-corrected chi connectivity index (χ2v) is 6.10. The summed E-state index contributed by atoms with van der Waals surface area (Å²) in [5, 5.41) is 16.0. The molecule has 0 aliphatic carbocycles. The number of anilines is 1. The number of aromatic nitrogens is 3. The van der Waals surface area contributed by atoms with Gasteiger partial charge in [-0.15, -0.1) is 0 Å². The van der Waals surface area contributed by atoms with E-state index in [-0.39, 0.29) is 12.3 Å². The lowest BCUT2D eigenvalue weighted by molar-refractivity contribution is -0.138. The minimum Gasteiger partial charge on any atom is -0.480 e. The molecular weight excluding hydrogens is 346 g/mol. The number of aliphatic carboxylic acids is 1. The lowest BCUT2D eigenvalue weighted by Crippen LogP contribution is -2.32. The summed E-state index contributed by atoms with van der Waals surface area (Å²) in [6.45, 7) is 0. The Kier molecular flexibility index (Phi) is 5.28. The zero-order chi connectivity index (χ0) is 19.4. The standard InChI is InChI=1S/C19H19N5O3/c1-24-11-15(13-4-2-12(3-5-13)10-16(20)19(26)27)17(23-24)22-18(25)14-6-8-21-9-7-14/h2-9,11,16H,10,20H2,1H3,(H,26,27)(H,22,23,25)/t16-/m0/s1. The highest BCUT2D eigenvalue weighted by atomic mass is 16.4. The number of nitrogens with two attached hydrogens (primary N) is 1. The molecule has 0 radical (unpaired) electrons. The van der Waals surface area contributed by atoms with Crippen LogP contribution >= 0.6 is 0 Å². The number of pyridine rings is 1. The Morgan fingerprint density at radius 3 is 2.48 bits per heavy atom. The molecule has 0 bridgehead atoms. The number of carboxylic acids is 1. The smallest absolute Gasteiger partial charge is 0.320 e. The Morgan fingerprint density at radius 2 is 1.85 bits per heavy atom. The van der Waals surface area contributed by atoms with E-state index in [9.17, 15) is 9.59 Å². The molecule has 1 amide bonds. The third-order valence-corrected chi connectivity index (χ3v) is 4.04. The van der Waals surface area contributed by atoms with E-state index < -0.39 is 12.0 Å². The van der Waals surface area contributed by atoms with Crippen molar-refractivity contribution in [3.8, 4) is 11.1 Å². The molecule has 0 saturated carbocycles. The van der Waals surface area contributed by atoms with Gasteiger partial charge in [0.25, 0.3) is 5.91 Å². The van der Waals surface area contributed by atoms with E-state index >= 15 is 0 Å². The first kappa shape index (κ1) is 18.3. The minimum atomic E-state index is -1.03. The summed E-state index contributed by atoms with van der Waals surface area (Å²) in [7, 11) is 1.77. The minimum absolute atomic E-state index is 0.244. The van der Waals surface area contributed by atoms with E-state index in [0.29, 0.717) is 11.4 Å². The summed E-state index contributed by atoms with van der Waals surface area (Å²) in [6.07, 6.45) is 5.15. The molecule has 27 heavy (non-hydrogen) atoms. The Hall–Kier alpha value is -3.52. The van der Waals surface area contributed by atoms with E-state index in [2.05, 4.69) is 15.4 Å². The number of carboxylic acid groups (broad SMARTS) is 1. The molecule has 8 heteroatoms. The number of hydrogen-bond donors (Lipinski definition) is 3. The van der Waals surface area contributed by atoms with E-state index in [4.69, 9.17) is 10.8 Å². The number of rotatable bonds is 6. The third kappa shape index (κ3) is 4.36. The summed E-state index contributed by atoms with van der Waals surface area (Å²) in [5.74, 6) is -0.872. The highest BCUT2D eigenvalue weighted by Crippen LogP contribution is 2.27. The van der Waals surface area contributed by atoms with Crippen LogP contribution in [0.5, 0.6) is 0 Å². The van der Waals surface area contributed by atoms with Crippen LogP contribution in [0.3, 0.4) is 0 Å². The van der Waals surface area contributed by atoms with Crippen LogP contribution in [-0.4, -0.2) is 37.8 Å². The topological polar surface area (TPSA) is 123 Å². The van der Waals surface area contributed by atoms with Gasteiger partial charge in [-0.1, -0.05) is 24.3 Å². The number of carbonyl (C=O) groups excluding carboxylic acids is 1. The first-order chi connectivity index (χ1) is 12.9. The summed E-state index contributed by atoms with van der Waals surface area (Å²) in [6, 6.07) is 9.65. The maximum atomic E-state index is 12.4. The number of aryl methyl sites for hydroxylation is 1. The van der Waals surface area contributed by atoms with E-state index in [1.807, 2.05) is 24.3 Å². The Balaban J connectivity index is 1.81. The van der Waals surface area contributed by atoms with Crippen molar-refractivity contribution in [3.63, 3.8) is 0 Å². The summed E-state index contributed by atoms with van der Waals surface area (Å²) in [4.78, 5) is 27.2. The van der Waals surface area contributed by atoms with Gasteiger partial charge in [0.2, 0.25) is 0 Å². The van der Waals surface area contributed by atoms with Crippen LogP contribution in [-0.2, 0) is 18.3 Å². The van der Waals surface area contributed by atoms with Crippen LogP contribution in [0.2, 0.25) is 0 Å². The van der Waals surface area contributed by atoms with Crippen molar-refractivity contribution >= 4 is 17.7 Å². The SMILES string of the molecule is Cn1cc(-c2ccc(C[C@H](N)C(=O)O)cc2)c(NC(=O)c2ccncc2)n1. The van der Waals surface area contributed by atoms with Crippen molar-refractivity contribution < 1.29 is 14.7 Å². The average molecular weight is 365 g/mol. The van der Waals surface area contributed by atoms with E-state index in [1.165, 1.54) is 0 Å². The van der Waals surface area contributed by atoms with Gasteiger partial charge in [0.1, 0.15) is 6.04 Å². The lowest BCUT2D eigenvalue weighted by Gasteiger charge is -2.08. The molecule has 138 valence electrons. The largest absolute Gasteiger partial charge is 0.480 e. The van der Waals surface area contributed by atoms with Crippen LogP contribution in [0, 0.1) is 0 Å². The zero-order valence-corrected chi connectivity index (χ0v) is 14.7. The molecule has 1 aromatic carbocycles. The van der Waals surface area contributed by atoms with Gasteiger partial charge in [-0.3, -0.25) is 19.3 Å². The fourth-order valence-corrected chi connectivity index (χ4v) is 2.64. The van der Waals surface area contributed by atoms with Gasteiger partial charge in [0, 0.05) is 36.8 Å². The monoisotopic (exact) mass is 365 g/mol. The van der Waals surface area contributed by atoms with Crippen molar-refractivity contribution in [2.75, 3.05) is 5.32 Å². The summed E-state index contributed by atoms with van der Waals surface area (Å²) < 4.78 is 1.62. The Morgan fingerprint density at radius 1 is 1.19 bits per heavy atom. The number of amides is 1. The van der Waals surface area contributed by atoms with Crippen LogP contribution in [0.15, 0.2) is 55.0 Å². The van der Waals surface area contributed by atoms with Gasteiger partial charge in [0.15, 0.2) is 5.82 Å². The van der Waals surface area contributed by atoms with Gasteiger partial charge in [-0.2, -0.15) is 5.10 Å². The predicted octanol–water partition coefficient (Wildman–Crippen LogP) is 1.69. The van der Waals surface area contributed by atoms with E-state index in [0.717, 1.165) is 16.7 Å². The number of nitrogens with one attached hydrogen (secondary N) is 1. The molecule has 3 aromatic rings. The second-order valence-electron chi connectivity index (χ2n) is 6.10. The highest BCUT2D eigenvalue weighted by molar-refractivity contribution is 6.05. The predicted molar refractivity (Wildman–Crippen MR) is 100 cm³/mol. The number of benzene rings is 1. The van der Waals surface area contributed by atoms with Gasteiger partial charge in [-0.25, -0.2) is 0 Å². The molecule has 0 spiro atoms. The van der Waals surface area contributed by atoms with Crippen LogP contribution < -0.4 is 11.1 Å². The normalized spacial score (nSPS) is 11.8. The first-order valence-corrected chi connectivity index (χ1v) is 8.27. The molecule has 0 unspecified atom stereocenters. The molecule has 0 saturated heterocycles. The summed E-state index contributed by atoms with van der Waals surface area (Å²) in [5.41, 5.74) is 8.48. The highest BCUT2D eigenvalue weighted by Gasteiger charge is 2.15.